The van der Waals surface area contributed by atoms with Crippen LogP contribution in [0.25, 0.3) is 0 Å². The first-order valence-corrected chi connectivity index (χ1v) is 13.2. The third kappa shape index (κ3) is 6.41. The predicted molar refractivity (Wildman–Crippen MR) is 138 cm³/mol. The van der Waals surface area contributed by atoms with Crippen molar-refractivity contribution < 1.29 is 32.5 Å². The van der Waals surface area contributed by atoms with Gasteiger partial charge in [0.05, 0.1) is 36.8 Å². The van der Waals surface area contributed by atoms with Crippen LogP contribution in [0.15, 0.2) is 54.6 Å². The molecule has 1 aliphatic heterocycles. The van der Waals surface area contributed by atoms with Gasteiger partial charge in [-0.2, -0.15) is 13.2 Å². The predicted octanol–water partition coefficient (Wildman–Crippen LogP) is 6.33. The molecule has 208 valence electrons. The Morgan fingerprint density at radius 3 is 2.34 bits per heavy atom. The van der Waals surface area contributed by atoms with E-state index >= 15 is 0 Å². The molecule has 2 fully saturated rings. The van der Waals surface area contributed by atoms with Gasteiger partial charge in [0, 0.05) is 25.3 Å². The summed E-state index contributed by atoms with van der Waals surface area (Å²) in [5, 5.41) is 10.9. The molecule has 1 spiro atoms. The fraction of sp³-hybridized carbons (Fsp3) is 0.567. The number of aliphatic hydroxyl groups excluding tert-OH is 1. The van der Waals surface area contributed by atoms with Gasteiger partial charge in [-0.05, 0) is 42.9 Å². The molecule has 2 aliphatic rings. The molecule has 4 atom stereocenters. The van der Waals surface area contributed by atoms with Crippen LogP contribution < -0.4 is 0 Å². The summed E-state index contributed by atoms with van der Waals surface area (Å²) in [6, 6.07) is 13.5. The Hall–Kier alpha value is -2.42. The monoisotopic (exact) mass is 533 g/mol. The first kappa shape index (κ1) is 28.6. The normalized spacial score (nSPS) is 23.1. The van der Waals surface area contributed by atoms with Crippen LogP contribution in [0, 0.1) is 11.3 Å². The summed E-state index contributed by atoms with van der Waals surface area (Å²) < 4.78 is 53.0. The fourth-order valence-corrected chi connectivity index (χ4v) is 5.50. The van der Waals surface area contributed by atoms with Crippen LogP contribution in [0.5, 0.6) is 0 Å². The van der Waals surface area contributed by atoms with E-state index in [1.807, 2.05) is 18.2 Å². The standard InChI is InChI=1S/C30H38F3NO4/c1-20(26(35)22-9-6-5-7-10-22)34(4)27(36)25(23-11-8-12-24(16-23)30(31,32)33)15-21-13-14-29(17-21)37-18-28(2,3)19-38-29/h5-12,16,20-21,25-26,35H,13-15,17-19H2,1-4H3/t20-,21?,25?,26+/m1/s1. The van der Waals surface area contributed by atoms with Gasteiger partial charge >= 0.3 is 6.18 Å². The van der Waals surface area contributed by atoms with Crippen molar-refractivity contribution in [3.05, 3.63) is 71.3 Å². The molecule has 0 bridgehead atoms. The topological polar surface area (TPSA) is 59.0 Å². The fourth-order valence-electron chi connectivity index (χ4n) is 5.50. The molecule has 1 saturated carbocycles. The Bertz CT molecular complexity index is 1090. The summed E-state index contributed by atoms with van der Waals surface area (Å²) in [5.74, 6) is -1.76. The number of rotatable bonds is 7. The molecule has 4 rings (SSSR count). The van der Waals surface area contributed by atoms with Gasteiger partial charge in [-0.25, -0.2) is 0 Å². The SMILES string of the molecule is C[C@H]([C@H](O)c1ccccc1)N(C)C(=O)C(CC1CCC2(C1)OCC(C)(C)CO2)c1cccc(C(F)(F)F)c1. The molecule has 2 aromatic rings. The van der Waals surface area contributed by atoms with Gasteiger partial charge in [-0.3, -0.25) is 4.79 Å². The Morgan fingerprint density at radius 2 is 1.71 bits per heavy atom. The van der Waals surface area contributed by atoms with Gasteiger partial charge in [-0.15, -0.1) is 0 Å². The maximum absolute atomic E-state index is 13.9. The maximum atomic E-state index is 13.9. The lowest BCUT2D eigenvalue weighted by molar-refractivity contribution is -0.296. The van der Waals surface area contributed by atoms with Crippen molar-refractivity contribution in [3.63, 3.8) is 0 Å². The summed E-state index contributed by atoms with van der Waals surface area (Å²) in [6.07, 6.45) is -3.03. The van der Waals surface area contributed by atoms with Crippen molar-refractivity contribution in [2.75, 3.05) is 20.3 Å². The summed E-state index contributed by atoms with van der Waals surface area (Å²) in [4.78, 5) is 15.4. The number of nitrogens with zero attached hydrogens (tertiary/aromatic N) is 1. The first-order valence-electron chi connectivity index (χ1n) is 13.2. The summed E-state index contributed by atoms with van der Waals surface area (Å²) in [5.41, 5.74) is 0.142. The lowest BCUT2D eigenvalue weighted by Crippen LogP contribution is -2.46. The number of hydrogen-bond acceptors (Lipinski definition) is 4. The number of alkyl halides is 3. The lowest BCUT2D eigenvalue weighted by Gasteiger charge is -2.41. The number of hydrogen-bond donors (Lipinski definition) is 1. The number of amides is 1. The molecule has 0 radical (unpaired) electrons. The molecule has 5 nitrogen and oxygen atoms in total. The summed E-state index contributed by atoms with van der Waals surface area (Å²) in [6.45, 7) is 7.06. The molecule has 2 unspecified atom stereocenters. The molecule has 1 N–H and O–H groups in total. The molecule has 38 heavy (non-hydrogen) atoms. The third-order valence-corrected chi connectivity index (χ3v) is 8.03. The van der Waals surface area contributed by atoms with Crippen LogP contribution in [0.4, 0.5) is 13.2 Å². The molecule has 1 aliphatic carbocycles. The van der Waals surface area contributed by atoms with Crippen LogP contribution in [0.1, 0.15) is 75.2 Å². The van der Waals surface area contributed by atoms with Crippen molar-refractivity contribution in [1.29, 1.82) is 0 Å². The molecule has 1 amide bonds. The third-order valence-electron chi connectivity index (χ3n) is 8.03. The number of halogens is 3. The highest BCUT2D eigenvalue weighted by atomic mass is 19.4. The minimum atomic E-state index is -4.51. The Kier molecular flexibility index (Phi) is 8.26. The van der Waals surface area contributed by atoms with Crippen molar-refractivity contribution in [1.82, 2.24) is 4.90 Å². The van der Waals surface area contributed by atoms with Crippen LogP contribution in [-0.2, 0) is 20.4 Å². The largest absolute Gasteiger partial charge is 0.416 e. The lowest BCUT2D eigenvalue weighted by atomic mass is 9.85. The average molecular weight is 534 g/mol. The summed E-state index contributed by atoms with van der Waals surface area (Å²) >= 11 is 0. The molecule has 2 aromatic carbocycles. The van der Waals surface area contributed by atoms with Crippen LogP contribution in [0.3, 0.4) is 0 Å². The second-order valence-electron chi connectivity index (χ2n) is 11.7. The number of aliphatic hydroxyl groups is 1. The summed E-state index contributed by atoms with van der Waals surface area (Å²) in [7, 11) is 1.60. The van der Waals surface area contributed by atoms with Gasteiger partial charge in [0.2, 0.25) is 5.91 Å². The minimum absolute atomic E-state index is 0.0439. The zero-order valence-corrected chi connectivity index (χ0v) is 22.5. The molecule has 1 saturated heterocycles. The van der Waals surface area contributed by atoms with E-state index in [1.165, 1.54) is 11.0 Å². The second kappa shape index (κ2) is 11.0. The number of benzene rings is 2. The highest BCUT2D eigenvalue weighted by molar-refractivity contribution is 5.84. The Labute approximate surface area is 222 Å². The van der Waals surface area contributed by atoms with E-state index in [4.69, 9.17) is 9.47 Å². The van der Waals surface area contributed by atoms with Crippen LogP contribution in [0.2, 0.25) is 0 Å². The van der Waals surface area contributed by atoms with Gasteiger partial charge in [0.15, 0.2) is 5.79 Å². The zero-order chi connectivity index (χ0) is 27.7. The number of likely N-dealkylation sites (N-methyl/N-ethyl adjacent to an activating group) is 1. The van der Waals surface area contributed by atoms with Crippen molar-refractivity contribution in [2.45, 2.75) is 76.5 Å². The molecule has 1 heterocycles. The number of ether oxygens (including phenoxy) is 2. The van der Waals surface area contributed by atoms with E-state index in [2.05, 4.69) is 13.8 Å². The smallest absolute Gasteiger partial charge is 0.386 e. The number of carbonyl (C=O) groups is 1. The minimum Gasteiger partial charge on any atom is -0.386 e. The van der Waals surface area contributed by atoms with Crippen molar-refractivity contribution >= 4 is 5.91 Å². The van der Waals surface area contributed by atoms with Gasteiger partial charge in [0.25, 0.3) is 0 Å². The van der Waals surface area contributed by atoms with Crippen molar-refractivity contribution in [3.8, 4) is 0 Å². The van der Waals surface area contributed by atoms with E-state index in [9.17, 15) is 23.1 Å². The average Bonchev–Trinajstić information content (AvgIpc) is 3.30. The van der Waals surface area contributed by atoms with E-state index in [1.54, 1.807) is 32.2 Å². The van der Waals surface area contributed by atoms with E-state index < -0.39 is 35.6 Å². The maximum Gasteiger partial charge on any atom is 0.416 e. The Morgan fingerprint density at radius 1 is 1.08 bits per heavy atom. The zero-order valence-electron chi connectivity index (χ0n) is 22.5. The highest BCUT2D eigenvalue weighted by Crippen LogP contribution is 2.46. The quantitative estimate of drug-likeness (QED) is 0.452. The van der Waals surface area contributed by atoms with E-state index in [-0.39, 0.29) is 17.2 Å². The highest BCUT2D eigenvalue weighted by Gasteiger charge is 2.47. The Balaban J connectivity index is 1.57. The molecular formula is C30H38F3NO4. The second-order valence-corrected chi connectivity index (χ2v) is 11.7. The molecular weight excluding hydrogens is 495 g/mol. The van der Waals surface area contributed by atoms with Crippen LogP contribution in [-0.4, -0.2) is 48.0 Å². The van der Waals surface area contributed by atoms with Crippen LogP contribution >= 0.6 is 0 Å². The van der Waals surface area contributed by atoms with Crippen molar-refractivity contribution in [2.24, 2.45) is 11.3 Å². The van der Waals surface area contributed by atoms with Gasteiger partial charge < -0.3 is 19.5 Å². The molecule has 8 heteroatoms. The van der Waals surface area contributed by atoms with Gasteiger partial charge in [0.1, 0.15) is 0 Å². The molecule has 0 aromatic heterocycles. The first-order chi connectivity index (χ1) is 17.8. The van der Waals surface area contributed by atoms with Gasteiger partial charge in [-0.1, -0.05) is 62.4 Å². The number of carbonyl (C=O) groups excluding carboxylic acids is 1. The van der Waals surface area contributed by atoms with E-state index in [0.717, 1.165) is 18.6 Å². The van der Waals surface area contributed by atoms with E-state index in [0.29, 0.717) is 43.6 Å².